The SMILES string of the molecule is COCCN(CCOC)C(=O)c1csc(C)c1. The van der Waals surface area contributed by atoms with Crippen LogP contribution in [-0.2, 0) is 9.47 Å². The van der Waals surface area contributed by atoms with Crippen LogP contribution in [0.3, 0.4) is 0 Å². The number of aryl methyl sites for hydroxylation is 1. The van der Waals surface area contributed by atoms with Gasteiger partial charge in [-0.2, -0.15) is 0 Å². The largest absolute Gasteiger partial charge is 0.383 e. The van der Waals surface area contributed by atoms with E-state index in [1.165, 1.54) is 0 Å². The van der Waals surface area contributed by atoms with Crippen LogP contribution in [0.1, 0.15) is 15.2 Å². The quantitative estimate of drug-likeness (QED) is 0.747. The monoisotopic (exact) mass is 257 g/mol. The number of thiophene rings is 1. The molecule has 0 bridgehead atoms. The van der Waals surface area contributed by atoms with Crippen molar-refractivity contribution in [2.75, 3.05) is 40.5 Å². The van der Waals surface area contributed by atoms with Crippen LogP contribution in [-0.4, -0.2) is 51.3 Å². The minimum Gasteiger partial charge on any atom is -0.383 e. The van der Waals surface area contributed by atoms with Crippen LogP contribution in [0.2, 0.25) is 0 Å². The standard InChI is InChI=1S/C12H19NO3S/c1-10-8-11(9-17-10)12(14)13(4-6-15-2)5-7-16-3/h8-9H,4-7H2,1-3H3. The van der Waals surface area contributed by atoms with Gasteiger partial charge in [0.05, 0.1) is 18.8 Å². The third kappa shape index (κ3) is 4.46. The van der Waals surface area contributed by atoms with Gasteiger partial charge in [-0.1, -0.05) is 0 Å². The van der Waals surface area contributed by atoms with Crippen molar-refractivity contribution in [1.82, 2.24) is 4.90 Å². The molecule has 1 rings (SSSR count). The van der Waals surface area contributed by atoms with Crippen LogP contribution in [0.4, 0.5) is 0 Å². The van der Waals surface area contributed by atoms with E-state index < -0.39 is 0 Å². The summed E-state index contributed by atoms with van der Waals surface area (Å²) in [5.41, 5.74) is 0.750. The maximum Gasteiger partial charge on any atom is 0.254 e. The smallest absolute Gasteiger partial charge is 0.254 e. The Bertz CT molecular complexity index is 343. The Kier molecular flexibility index (Phi) is 6.18. The maximum absolute atomic E-state index is 12.2. The van der Waals surface area contributed by atoms with Gasteiger partial charge >= 0.3 is 0 Å². The van der Waals surface area contributed by atoms with E-state index in [0.717, 1.165) is 10.4 Å². The molecule has 0 spiro atoms. The van der Waals surface area contributed by atoms with Crippen molar-refractivity contribution in [3.05, 3.63) is 21.9 Å². The second kappa shape index (κ2) is 7.42. The third-order valence-corrected chi connectivity index (χ3v) is 3.26. The molecule has 0 saturated heterocycles. The first-order valence-electron chi connectivity index (χ1n) is 5.51. The number of carbonyl (C=O) groups is 1. The van der Waals surface area contributed by atoms with E-state index in [9.17, 15) is 4.79 Å². The Labute approximate surface area is 106 Å². The van der Waals surface area contributed by atoms with E-state index in [-0.39, 0.29) is 5.91 Å². The first kappa shape index (κ1) is 14.2. The van der Waals surface area contributed by atoms with Crippen LogP contribution in [0.15, 0.2) is 11.4 Å². The van der Waals surface area contributed by atoms with Gasteiger partial charge in [-0.3, -0.25) is 4.79 Å². The van der Waals surface area contributed by atoms with Crippen molar-refractivity contribution in [1.29, 1.82) is 0 Å². The van der Waals surface area contributed by atoms with Crippen molar-refractivity contribution in [3.63, 3.8) is 0 Å². The Balaban J connectivity index is 2.64. The number of rotatable bonds is 7. The highest BCUT2D eigenvalue weighted by Crippen LogP contribution is 2.15. The molecule has 17 heavy (non-hydrogen) atoms. The summed E-state index contributed by atoms with van der Waals surface area (Å²) in [6.07, 6.45) is 0. The van der Waals surface area contributed by atoms with Gasteiger partial charge in [-0.25, -0.2) is 0 Å². The highest BCUT2D eigenvalue weighted by molar-refractivity contribution is 7.10. The van der Waals surface area contributed by atoms with Gasteiger partial charge in [0.25, 0.3) is 5.91 Å². The van der Waals surface area contributed by atoms with Crippen molar-refractivity contribution >= 4 is 17.2 Å². The molecule has 0 atom stereocenters. The number of amides is 1. The molecule has 0 radical (unpaired) electrons. The lowest BCUT2D eigenvalue weighted by molar-refractivity contribution is 0.0628. The molecule has 0 aliphatic rings. The lowest BCUT2D eigenvalue weighted by Gasteiger charge is -2.21. The molecule has 0 aromatic carbocycles. The summed E-state index contributed by atoms with van der Waals surface area (Å²) < 4.78 is 10.0. The number of nitrogens with zero attached hydrogens (tertiary/aromatic N) is 1. The third-order valence-electron chi connectivity index (χ3n) is 2.40. The number of carbonyl (C=O) groups excluding carboxylic acids is 1. The molecule has 0 saturated carbocycles. The first-order valence-corrected chi connectivity index (χ1v) is 6.39. The fraction of sp³-hybridized carbons (Fsp3) is 0.583. The molecule has 4 nitrogen and oxygen atoms in total. The van der Waals surface area contributed by atoms with Gasteiger partial charge in [0, 0.05) is 37.6 Å². The van der Waals surface area contributed by atoms with Gasteiger partial charge in [-0.15, -0.1) is 11.3 Å². The second-order valence-electron chi connectivity index (χ2n) is 3.72. The zero-order valence-electron chi connectivity index (χ0n) is 10.6. The highest BCUT2D eigenvalue weighted by Gasteiger charge is 2.16. The Morgan fingerprint density at radius 1 is 1.29 bits per heavy atom. The summed E-state index contributed by atoms with van der Waals surface area (Å²) in [5.74, 6) is 0.0449. The Morgan fingerprint density at radius 2 is 1.88 bits per heavy atom. The maximum atomic E-state index is 12.2. The van der Waals surface area contributed by atoms with E-state index in [4.69, 9.17) is 9.47 Å². The molecular weight excluding hydrogens is 238 g/mol. The highest BCUT2D eigenvalue weighted by atomic mass is 32.1. The fourth-order valence-corrected chi connectivity index (χ4v) is 2.13. The lowest BCUT2D eigenvalue weighted by atomic mass is 10.2. The minimum atomic E-state index is 0.0449. The second-order valence-corrected chi connectivity index (χ2v) is 4.84. The zero-order chi connectivity index (χ0) is 12.7. The molecule has 1 aromatic heterocycles. The van der Waals surface area contributed by atoms with Crippen LogP contribution in [0, 0.1) is 6.92 Å². The summed E-state index contributed by atoms with van der Waals surface area (Å²) in [4.78, 5) is 15.1. The number of hydrogen-bond donors (Lipinski definition) is 0. The number of hydrogen-bond acceptors (Lipinski definition) is 4. The van der Waals surface area contributed by atoms with Gasteiger partial charge in [0.1, 0.15) is 0 Å². The van der Waals surface area contributed by atoms with Gasteiger partial charge < -0.3 is 14.4 Å². The van der Waals surface area contributed by atoms with Gasteiger partial charge in [0.15, 0.2) is 0 Å². The molecule has 1 aromatic rings. The minimum absolute atomic E-state index is 0.0449. The molecule has 96 valence electrons. The van der Waals surface area contributed by atoms with Gasteiger partial charge in [-0.05, 0) is 13.0 Å². The van der Waals surface area contributed by atoms with Crippen LogP contribution in [0.25, 0.3) is 0 Å². The number of ether oxygens (including phenoxy) is 2. The average molecular weight is 257 g/mol. The normalized spacial score (nSPS) is 10.5. The summed E-state index contributed by atoms with van der Waals surface area (Å²) in [7, 11) is 3.27. The molecule has 1 heterocycles. The molecule has 0 aliphatic heterocycles. The predicted molar refractivity (Wildman–Crippen MR) is 68.7 cm³/mol. The predicted octanol–water partition coefficient (Wildman–Crippen LogP) is 1.79. The number of methoxy groups -OCH3 is 2. The van der Waals surface area contributed by atoms with Crippen molar-refractivity contribution < 1.29 is 14.3 Å². The van der Waals surface area contributed by atoms with E-state index in [1.54, 1.807) is 30.5 Å². The van der Waals surface area contributed by atoms with Crippen LogP contribution >= 0.6 is 11.3 Å². The first-order chi connectivity index (χ1) is 8.19. The molecule has 0 unspecified atom stereocenters. The van der Waals surface area contributed by atoms with Gasteiger partial charge in [0.2, 0.25) is 0 Å². The fourth-order valence-electron chi connectivity index (χ4n) is 1.46. The van der Waals surface area contributed by atoms with Crippen molar-refractivity contribution in [3.8, 4) is 0 Å². The Morgan fingerprint density at radius 3 is 2.29 bits per heavy atom. The van der Waals surface area contributed by atoms with E-state index in [1.807, 2.05) is 18.4 Å². The van der Waals surface area contributed by atoms with Crippen molar-refractivity contribution in [2.45, 2.75) is 6.92 Å². The molecular formula is C12H19NO3S. The molecule has 0 N–H and O–H groups in total. The molecule has 0 fully saturated rings. The summed E-state index contributed by atoms with van der Waals surface area (Å²) >= 11 is 1.59. The molecule has 5 heteroatoms. The molecule has 1 amide bonds. The Hall–Kier alpha value is -0.910. The van der Waals surface area contributed by atoms with E-state index in [2.05, 4.69) is 0 Å². The van der Waals surface area contributed by atoms with Crippen LogP contribution in [0.5, 0.6) is 0 Å². The zero-order valence-corrected chi connectivity index (χ0v) is 11.4. The summed E-state index contributed by atoms with van der Waals surface area (Å²) in [6, 6.07) is 1.92. The summed E-state index contributed by atoms with van der Waals surface area (Å²) in [6.45, 7) is 4.26. The lowest BCUT2D eigenvalue weighted by Crippen LogP contribution is -2.36. The molecule has 0 aliphatic carbocycles. The van der Waals surface area contributed by atoms with E-state index in [0.29, 0.717) is 26.3 Å². The van der Waals surface area contributed by atoms with Crippen LogP contribution < -0.4 is 0 Å². The summed E-state index contributed by atoms with van der Waals surface area (Å²) in [5, 5.41) is 1.89. The van der Waals surface area contributed by atoms with E-state index >= 15 is 0 Å². The average Bonchev–Trinajstić information content (AvgIpc) is 2.75. The van der Waals surface area contributed by atoms with Crippen molar-refractivity contribution in [2.24, 2.45) is 0 Å². The topological polar surface area (TPSA) is 38.8 Å².